The third kappa shape index (κ3) is 13.7. The van der Waals surface area contributed by atoms with Gasteiger partial charge in [-0.2, -0.15) is 18.4 Å². The van der Waals surface area contributed by atoms with Crippen LogP contribution in [0.2, 0.25) is 0 Å². The van der Waals surface area contributed by atoms with Crippen LogP contribution in [-0.2, 0) is 36.2 Å². The molecular weight excluding hydrogens is 1050 g/mol. The summed E-state index contributed by atoms with van der Waals surface area (Å²) < 4.78 is 59.1. The molecule has 412 valence electrons. The number of nitrogens with one attached hydrogen (secondary N) is 2. The van der Waals surface area contributed by atoms with Crippen molar-refractivity contribution in [1.82, 2.24) is 30.2 Å². The van der Waals surface area contributed by atoms with Gasteiger partial charge in [0.1, 0.15) is 17.7 Å². The normalized spacial score (nSPS) is 19.5. The fourth-order valence-corrected chi connectivity index (χ4v) is 12.5. The summed E-state index contributed by atoms with van der Waals surface area (Å²) in [5.74, 6) is 3.76. The number of likely N-dealkylation sites (tertiary alicyclic amines) is 3. The number of carbonyl (C=O) groups is 4. The number of aliphatic hydroxyl groups excluding tert-OH is 1. The highest BCUT2D eigenvalue weighted by molar-refractivity contribution is 7.85. The third-order valence-electron chi connectivity index (χ3n) is 14.8. The molecule has 0 spiro atoms. The largest absolute Gasteiger partial charge is 0.417 e. The number of benzene rings is 3. The van der Waals surface area contributed by atoms with Crippen molar-refractivity contribution in [3.05, 3.63) is 118 Å². The molecule has 0 saturated carbocycles. The van der Waals surface area contributed by atoms with Crippen LogP contribution in [0.1, 0.15) is 111 Å². The number of halogens is 3. The van der Waals surface area contributed by atoms with E-state index >= 15 is 0 Å². The fourth-order valence-electron chi connectivity index (χ4n) is 10.4. The molecule has 5 heterocycles. The molecule has 4 N–H and O–H groups in total. The van der Waals surface area contributed by atoms with E-state index < -0.39 is 75.4 Å². The topological polar surface area (TPSA) is 222 Å². The number of nitrogens with zero attached hydrogens (tertiary/aromatic N) is 6. The maximum Gasteiger partial charge on any atom is 0.417 e. The molecule has 0 aliphatic carbocycles. The maximum atomic E-state index is 14.3. The van der Waals surface area contributed by atoms with Crippen molar-refractivity contribution in [2.45, 2.75) is 120 Å². The molecule has 16 nitrogen and oxygen atoms in total. The van der Waals surface area contributed by atoms with Crippen molar-refractivity contribution in [2.75, 3.05) is 43.8 Å². The predicted molar refractivity (Wildman–Crippen MR) is 287 cm³/mol. The number of anilines is 1. The van der Waals surface area contributed by atoms with Gasteiger partial charge in [-0.15, -0.1) is 11.3 Å². The van der Waals surface area contributed by atoms with Gasteiger partial charge in [0.05, 0.1) is 74.1 Å². The molecule has 0 radical (unpaired) electrons. The standard InChI is InChI=1S/C57H63F3N8O8S2/c1-34(2)51(49-26-35(3)65-76-49)54(72)68-31-44(69)28-48(68)53(71)64-47(39-10-12-40(13-11-39)52-36(4)62-33-77-52)29-50(70)67-24-20-43(21-25-67)66-22-18-38(19-23-66)7-6-37-8-16-45(17-9-37)78(75)32-56(5,74)55(73)63-42-15-14-41(30-61)46(27-42)57(58,59)60/h8-17,26-27,33-34,38,43-44,47-48,51,69,74H,18-25,28-29,31-32H2,1-5H3,(H,63,73)(H,64,71)/t44-,47+,48+,51-,56?,78?/m1/s1. The summed E-state index contributed by atoms with van der Waals surface area (Å²) in [5, 5.41) is 40.1. The lowest BCUT2D eigenvalue weighted by molar-refractivity contribution is -0.141. The Labute approximate surface area is 457 Å². The zero-order chi connectivity index (χ0) is 56.1. The van der Waals surface area contributed by atoms with Crippen LogP contribution in [0.25, 0.3) is 10.4 Å². The lowest BCUT2D eigenvalue weighted by Gasteiger charge is -2.41. The number of carbonyl (C=O) groups excluding carboxylic acids is 4. The van der Waals surface area contributed by atoms with Gasteiger partial charge in [-0.25, -0.2) is 4.98 Å². The van der Waals surface area contributed by atoms with Gasteiger partial charge in [-0.05, 0) is 119 Å². The van der Waals surface area contributed by atoms with E-state index in [2.05, 4.69) is 37.5 Å². The molecule has 8 rings (SSSR count). The smallest absolute Gasteiger partial charge is 0.391 e. The van der Waals surface area contributed by atoms with Crippen LogP contribution >= 0.6 is 11.3 Å². The average Bonchev–Trinajstić information content (AvgIpc) is 4.17. The number of amides is 4. The van der Waals surface area contributed by atoms with Crippen molar-refractivity contribution in [3.63, 3.8) is 0 Å². The molecule has 3 aromatic carbocycles. The fraction of sp³-hybridized carbons (Fsp3) is 0.456. The van der Waals surface area contributed by atoms with E-state index in [9.17, 15) is 46.8 Å². The van der Waals surface area contributed by atoms with Gasteiger partial charge in [0, 0.05) is 60.2 Å². The van der Waals surface area contributed by atoms with Crippen LogP contribution in [0.4, 0.5) is 18.9 Å². The average molecular weight is 1110 g/mol. The van der Waals surface area contributed by atoms with E-state index in [1.165, 1.54) is 22.3 Å². The van der Waals surface area contributed by atoms with Crippen LogP contribution in [0.15, 0.2) is 87.7 Å². The van der Waals surface area contributed by atoms with E-state index in [-0.39, 0.29) is 54.8 Å². The summed E-state index contributed by atoms with van der Waals surface area (Å²) >= 11 is 1.53. The number of thiazole rings is 1. The molecular formula is C57H63F3N8O8S2. The van der Waals surface area contributed by atoms with Gasteiger partial charge in [0.25, 0.3) is 5.91 Å². The summed E-state index contributed by atoms with van der Waals surface area (Å²) in [6, 6.07) is 18.8. The van der Waals surface area contributed by atoms with Crippen LogP contribution in [-0.4, -0.2) is 125 Å². The first-order chi connectivity index (χ1) is 37.1. The van der Waals surface area contributed by atoms with Gasteiger partial charge in [0.15, 0.2) is 5.60 Å². The second kappa shape index (κ2) is 24.5. The Kier molecular flexibility index (Phi) is 18.0. The predicted octanol–water partition coefficient (Wildman–Crippen LogP) is 7.51. The molecule has 21 heteroatoms. The molecule has 6 atom stereocenters. The highest BCUT2D eigenvalue weighted by atomic mass is 32.2. The van der Waals surface area contributed by atoms with E-state index in [0.29, 0.717) is 41.1 Å². The Balaban J connectivity index is 0.834. The molecule has 3 fully saturated rings. The number of nitriles is 1. The maximum absolute atomic E-state index is 14.3. The Hall–Kier alpha value is -6.75. The molecule has 4 amide bonds. The van der Waals surface area contributed by atoms with Crippen molar-refractivity contribution in [2.24, 2.45) is 11.8 Å². The number of aryl methyl sites for hydroxylation is 2. The second-order valence-corrected chi connectivity index (χ2v) is 23.3. The second-order valence-electron chi connectivity index (χ2n) is 20.9. The van der Waals surface area contributed by atoms with Crippen LogP contribution < -0.4 is 10.6 Å². The molecule has 3 aliphatic heterocycles. The van der Waals surface area contributed by atoms with Gasteiger partial charge in [-0.3, -0.25) is 23.4 Å². The third-order valence-corrected chi connectivity index (χ3v) is 17.4. The quantitative estimate of drug-likeness (QED) is 0.0749. The summed E-state index contributed by atoms with van der Waals surface area (Å²) in [6.07, 6.45) is -2.43. The minimum absolute atomic E-state index is 0.00207. The molecule has 2 unspecified atom stereocenters. The zero-order valence-electron chi connectivity index (χ0n) is 44.0. The minimum atomic E-state index is -4.84. The molecule has 3 saturated heterocycles. The Morgan fingerprint density at radius 1 is 0.962 bits per heavy atom. The highest BCUT2D eigenvalue weighted by Crippen LogP contribution is 2.36. The summed E-state index contributed by atoms with van der Waals surface area (Å²) in [5.41, 5.74) is 1.37. The number of β-amino-alcohol motifs (C(OH)–C–C–N with tert-alkyl or cyclic N) is 1. The monoisotopic (exact) mass is 1110 g/mol. The van der Waals surface area contributed by atoms with Gasteiger partial charge in [-0.1, -0.05) is 55.1 Å². The Morgan fingerprint density at radius 2 is 1.65 bits per heavy atom. The number of aromatic nitrogens is 2. The number of hydrogen-bond acceptors (Lipinski definition) is 13. The van der Waals surface area contributed by atoms with Gasteiger partial charge in [0.2, 0.25) is 17.7 Å². The van der Waals surface area contributed by atoms with Crippen LogP contribution in [0.5, 0.6) is 0 Å². The number of hydrogen-bond donors (Lipinski definition) is 4. The van der Waals surface area contributed by atoms with Crippen molar-refractivity contribution in [1.29, 1.82) is 5.26 Å². The minimum Gasteiger partial charge on any atom is -0.391 e. The Bertz CT molecular complexity index is 3110. The highest BCUT2D eigenvalue weighted by Gasteiger charge is 2.44. The van der Waals surface area contributed by atoms with E-state index in [1.54, 1.807) is 42.8 Å². The first-order valence-electron chi connectivity index (χ1n) is 26.0. The molecule has 5 aromatic rings. The molecule has 2 aromatic heterocycles. The van der Waals surface area contributed by atoms with Crippen molar-refractivity contribution < 1.29 is 51.3 Å². The van der Waals surface area contributed by atoms with Crippen molar-refractivity contribution in [3.8, 4) is 28.4 Å². The first kappa shape index (κ1) is 57.4. The summed E-state index contributed by atoms with van der Waals surface area (Å²) in [4.78, 5) is 67.1. The van der Waals surface area contributed by atoms with Crippen molar-refractivity contribution >= 4 is 51.5 Å². The Morgan fingerprint density at radius 3 is 2.26 bits per heavy atom. The number of piperidine rings is 2. The van der Waals surface area contributed by atoms with Gasteiger partial charge >= 0.3 is 6.18 Å². The zero-order valence-corrected chi connectivity index (χ0v) is 45.6. The van der Waals surface area contributed by atoms with E-state index in [4.69, 9.17) is 9.78 Å². The number of rotatable bonds is 15. The summed E-state index contributed by atoms with van der Waals surface area (Å²) in [6.45, 7) is 11.4. The number of aliphatic hydroxyl groups is 2. The molecule has 78 heavy (non-hydrogen) atoms. The van der Waals surface area contributed by atoms with Crippen LogP contribution in [0, 0.1) is 48.9 Å². The van der Waals surface area contributed by atoms with Gasteiger partial charge < -0.3 is 40.1 Å². The van der Waals surface area contributed by atoms with E-state index in [0.717, 1.165) is 79.5 Å². The van der Waals surface area contributed by atoms with Crippen LogP contribution in [0.3, 0.4) is 0 Å². The lowest BCUT2D eigenvalue weighted by atomic mass is 9.91. The molecule has 0 bridgehead atoms. The lowest BCUT2D eigenvalue weighted by Crippen LogP contribution is -2.50. The number of alkyl halides is 3. The summed E-state index contributed by atoms with van der Waals surface area (Å²) in [7, 11) is -1.86. The van der Waals surface area contributed by atoms with E-state index in [1.807, 2.05) is 49.9 Å². The first-order valence-corrected chi connectivity index (χ1v) is 28.2. The SMILES string of the molecule is Cc1cc([C@H](C(=O)N2C[C@H](O)C[C@H]2C(=O)N[C@@H](CC(=O)N2CCC(N3CCC(C#Cc4ccc(S(=O)CC(C)(O)C(=O)Nc5ccc(C#N)c(C(F)(F)F)c5)cc4)CC3)CC2)c2ccc(-c3scnc3C)cc2)C(C)C)on1. The molecule has 3 aliphatic rings.